The lowest BCUT2D eigenvalue weighted by molar-refractivity contribution is 0.119. The predicted molar refractivity (Wildman–Crippen MR) is 171 cm³/mol. The van der Waals surface area contributed by atoms with Crippen molar-refractivity contribution in [3.05, 3.63) is 59.1 Å². The molecule has 0 bridgehead atoms. The van der Waals surface area contributed by atoms with Crippen LogP contribution in [0, 0.1) is 28.5 Å². The van der Waals surface area contributed by atoms with Crippen LogP contribution in [-0.2, 0) is 0 Å². The van der Waals surface area contributed by atoms with Crippen molar-refractivity contribution in [3.8, 4) is 29.3 Å². The smallest absolute Gasteiger partial charge is 0.225 e. The molecule has 0 spiro atoms. The average molecular weight is 623 g/mol. The molecule has 5 heterocycles. The van der Waals surface area contributed by atoms with E-state index in [0.29, 0.717) is 46.0 Å². The van der Waals surface area contributed by atoms with E-state index in [4.69, 9.17) is 26.4 Å². The lowest BCUT2D eigenvalue weighted by Crippen LogP contribution is -2.38. The normalized spacial score (nSPS) is 21.2. The van der Waals surface area contributed by atoms with Gasteiger partial charge in [-0.25, -0.2) is 9.37 Å². The second-order valence-corrected chi connectivity index (χ2v) is 12.5. The van der Waals surface area contributed by atoms with Crippen molar-refractivity contribution < 1.29 is 9.13 Å². The van der Waals surface area contributed by atoms with E-state index in [1.54, 1.807) is 36.7 Å². The molecule has 45 heavy (non-hydrogen) atoms. The number of fused-ring (bicyclic) bond motifs is 4. The van der Waals surface area contributed by atoms with Crippen LogP contribution >= 0.6 is 11.6 Å². The molecule has 0 amide bonds. The number of hydrogen-bond donors (Lipinski definition) is 1. The largest absolute Gasteiger partial charge is 0.472 e. The van der Waals surface area contributed by atoms with Gasteiger partial charge in [0.05, 0.1) is 63.5 Å². The Labute approximate surface area is 265 Å². The third-order valence-corrected chi connectivity index (χ3v) is 9.70. The van der Waals surface area contributed by atoms with Crippen LogP contribution in [0.1, 0.15) is 50.6 Å². The number of likely N-dealkylation sites (tertiary alicyclic amines) is 1. The third kappa shape index (κ3) is 5.04. The highest BCUT2D eigenvalue weighted by Crippen LogP contribution is 2.43. The van der Waals surface area contributed by atoms with E-state index < -0.39 is 5.82 Å². The molecule has 0 aliphatic carbocycles. The summed E-state index contributed by atoms with van der Waals surface area (Å²) in [4.78, 5) is 11.6. The van der Waals surface area contributed by atoms with Gasteiger partial charge in [-0.05, 0) is 76.3 Å². The molecule has 2 aliphatic rings. The van der Waals surface area contributed by atoms with Gasteiger partial charge in [0.1, 0.15) is 11.6 Å². The monoisotopic (exact) mass is 622 g/mol. The molecule has 11 heteroatoms. The molecule has 2 aliphatic heterocycles. The summed E-state index contributed by atoms with van der Waals surface area (Å²) >= 11 is 6.93. The number of ether oxygens (including phenoxy) is 1. The Morgan fingerprint density at radius 3 is 2.87 bits per heavy atom. The van der Waals surface area contributed by atoms with Crippen molar-refractivity contribution in [2.45, 2.75) is 63.3 Å². The van der Waals surface area contributed by atoms with Gasteiger partial charge in [-0.15, -0.1) is 0 Å². The first-order chi connectivity index (χ1) is 21.9. The number of likely N-dealkylation sites (N-methyl/N-ethyl adjacent to an activating group) is 1. The summed E-state index contributed by atoms with van der Waals surface area (Å²) in [6, 6.07) is 13.6. The van der Waals surface area contributed by atoms with Crippen molar-refractivity contribution in [1.29, 1.82) is 10.5 Å². The number of nitriles is 2. The van der Waals surface area contributed by atoms with Crippen molar-refractivity contribution in [2.24, 2.45) is 0 Å². The molecule has 1 N–H and O–H groups in total. The Bertz CT molecular complexity index is 2030. The third-order valence-electron chi connectivity index (χ3n) is 9.40. The molecule has 5 aromatic rings. The minimum Gasteiger partial charge on any atom is -0.472 e. The van der Waals surface area contributed by atoms with Crippen LogP contribution in [0.4, 0.5) is 4.39 Å². The van der Waals surface area contributed by atoms with E-state index in [2.05, 4.69) is 34.4 Å². The van der Waals surface area contributed by atoms with E-state index in [0.717, 1.165) is 37.7 Å². The molecule has 7 rings (SSSR count). The highest BCUT2D eigenvalue weighted by atomic mass is 35.5. The molecule has 3 aromatic heterocycles. The minimum atomic E-state index is -0.636. The molecule has 1 unspecified atom stereocenters. The lowest BCUT2D eigenvalue weighted by Gasteiger charge is -2.30. The summed E-state index contributed by atoms with van der Waals surface area (Å²) in [5, 5.41) is 30.1. The quantitative estimate of drug-likeness (QED) is 0.227. The molecule has 0 saturated carbocycles. The Morgan fingerprint density at radius 1 is 1.22 bits per heavy atom. The van der Waals surface area contributed by atoms with Gasteiger partial charge < -0.3 is 10.1 Å². The number of nitrogens with zero attached hydrogens (tertiary/aromatic N) is 7. The highest BCUT2D eigenvalue weighted by molar-refractivity contribution is 6.35. The minimum absolute atomic E-state index is 0.0154. The fourth-order valence-electron chi connectivity index (χ4n) is 7.20. The second kappa shape index (κ2) is 11.9. The summed E-state index contributed by atoms with van der Waals surface area (Å²) in [6.45, 7) is 3.76. The molecular weight excluding hydrogens is 591 g/mol. The lowest BCUT2D eigenvalue weighted by atomic mass is 9.96. The molecule has 2 fully saturated rings. The molecule has 0 radical (unpaired) electrons. The zero-order chi connectivity index (χ0) is 31.2. The fourth-order valence-corrected chi connectivity index (χ4v) is 7.48. The number of aromatic nitrogens is 4. The molecule has 2 aromatic carbocycles. The van der Waals surface area contributed by atoms with Crippen molar-refractivity contribution >= 4 is 44.2 Å². The maximum absolute atomic E-state index is 17.0. The van der Waals surface area contributed by atoms with Gasteiger partial charge in [-0.1, -0.05) is 23.7 Å². The Morgan fingerprint density at radius 2 is 2.09 bits per heavy atom. The van der Waals surface area contributed by atoms with Crippen LogP contribution in [0.25, 0.3) is 43.8 Å². The van der Waals surface area contributed by atoms with Gasteiger partial charge in [0.15, 0.2) is 5.82 Å². The highest BCUT2D eigenvalue weighted by Gasteiger charge is 2.32. The summed E-state index contributed by atoms with van der Waals surface area (Å²) in [5.74, 6) is -0.321. The summed E-state index contributed by atoms with van der Waals surface area (Å²) in [5.41, 5.74) is 1.54. The first kappa shape index (κ1) is 29.4. The Kier molecular flexibility index (Phi) is 7.74. The standard InChI is InChI=1S/C34H32ClFN8O/c1-19(27-7-4-14-43(27)2)45-34-25-18-41-44(23-10-13-39-22(15-23)8-11-37)33(25)24-16-26(35)29(30(36)31(24)42-34)32-28-20(9-12-40-32)5-3-6-21(28)17-38/h3,5-6,9,12,16,18-19,22-23,27,39H,4,7-8,10,13-15H2,1-2H3/t19?,22-,23+,27+/m1/s1. The summed E-state index contributed by atoms with van der Waals surface area (Å²) in [6.07, 6.45) is 7.14. The van der Waals surface area contributed by atoms with Gasteiger partial charge in [0.2, 0.25) is 5.88 Å². The van der Waals surface area contributed by atoms with E-state index >= 15 is 4.39 Å². The predicted octanol–water partition coefficient (Wildman–Crippen LogP) is 6.53. The first-order valence-electron chi connectivity index (χ1n) is 15.3. The van der Waals surface area contributed by atoms with Gasteiger partial charge in [-0.3, -0.25) is 14.6 Å². The van der Waals surface area contributed by atoms with Crippen LogP contribution in [0.15, 0.2) is 42.7 Å². The SMILES string of the molecule is CC(Oc1nc2c(F)c(-c3nccc4cccc(C#N)c34)c(Cl)cc2c2c1cnn2[C@H]1CCN[C@H](CC#N)C1)[C@@H]1CCCN1C. The fraction of sp³-hybridized carbons (Fsp3) is 0.382. The summed E-state index contributed by atoms with van der Waals surface area (Å²) in [7, 11) is 2.09. The van der Waals surface area contributed by atoms with Gasteiger partial charge in [0, 0.05) is 29.1 Å². The van der Waals surface area contributed by atoms with Gasteiger partial charge in [0.25, 0.3) is 0 Å². The van der Waals surface area contributed by atoms with Crippen LogP contribution in [0.3, 0.4) is 0 Å². The van der Waals surface area contributed by atoms with Gasteiger partial charge >= 0.3 is 0 Å². The molecular formula is C34H32ClFN8O. The number of piperidine rings is 1. The maximum Gasteiger partial charge on any atom is 0.225 e. The topological polar surface area (TPSA) is 116 Å². The van der Waals surface area contributed by atoms with Crippen LogP contribution in [-0.4, -0.2) is 63.0 Å². The van der Waals surface area contributed by atoms with Gasteiger partial charge in [-0.2, -0.15) is 15.6 Å². The maximum atomic E-state index is 17.0. The van der Waals surface area contributed by atoms with E-state index in [1.807, 2.05) is 17.7 Å². The van der Waals surface area contributed by atoms with Crippen LogP contribution < -0.4 is 10.1 Å². The number of nitrogens with one attached hydrogen (secondary N) is 1. The van der Waals surface area contributed by atoms with Crippen molar-refractivity contribution in [3.63, 3.8) is 0 Å². The molecule has 9 nitrogen and oxygen atoms in total. The summed E-state index contributed by atoms with van der Waals surface area (Å²) < 4.78 is 25.5. The van der Waals surface area contributed by atoms with Crippen molar-refractivity contribution in [1.82, 2.24) is 30.0 Å². The van der Waals surface area contributed by atoms with Crippen LogP contribution in [0.2, 0.25) is 5.02 Å². The van der Waals surface area contributed by atoms with E-state index in [9.17, 15) is 10.5 Å². The zero-order valence-electron chi connectivity index (χ0n) is 25.1. The number of rotatable bonds is 6. The number of halogens is 2. The molecule has 228 valence electrons. The first-order valence-corrected chi connectivity index (χ1v) is 15.7. The Balaban J connectivity index is 1.46. The number of hydrogen-bond acceptors (Lipinski definition) is 8. The average Bonchev–Trinajstić information content (AvgIpc) is 3.69. The molecule has 2 saturated heterocycles. The zero-order valence-corrected chi connectivity index (χ0v) is 25.9. The number of pyridine rings is 2. The Hall–Kier alpha value is -4.35. The molecule has 4 atom stereocenters. The second-order valence-electron chi connectivity index (χ2n) is 12.1. The van der Waals surface area contributed by atoms with Crippen LogP contribution in [0.5, 0.6) is 5.88 Å². The van der Waals surface area contributed by atoms with E-state index in [-0.39, 0.29) is 46.0 Å². The number of benzene rings is 2. The van der Waals surface area contributed by atoms with E-state index in [1.165, 1.54) is 0 Å². The van der Waals surface area contributed by atoms with Crippen molar-refractivity contribution in [2.75, 3.05) is 20.1 Å².